The monoisotopic (exact) mass is 455 g/mol. The molecule has 2 rings (SSSR count). The van der Waals surface area contributed by atoms with Gasteiger partial charge in [0, 0.05) is 0 Å². The van der Waals surface area contributed by atoms with Crippen molar-refractivity contribution < 1.29 is 42.9 Å². The molecular weight excluding hydrogens is 435 g/mol. The van der Waals surface area contributed by atoms with Crippen LogP contribution in [0.1, 0.15) is 13.2 Å². The number of fused-ring (bicyclic) bond motifs is 1. The summed E-state index contributed by atoms with van der Waals surface area (Å²) in [7, 11) is -9.55. The van der Waals surface area contributed by atoms with Gasteiger partial charge in [-0.2, -0.15) is 0 Å². The number of rotatable bonds is 9. The molecule has 0 bridgehead atoms. The average Bonchev–Trinajstić information content (AvgIpc) is 3.04. The summed E-state index contributed by atoms with van der Waals surface area (Å²) >= 11 is 0. The number of nitrogen functional groups attached to an aromatic ring is 1. The molecule has 0 radical (unpaired) electrons. The molecule has 0 spiro atoms. The molecule has 2 heterocycles. The van der Waals surface area contributed by atoms with Gasteiger partial charge in [-0.25, -0.2) is 19.3 Å². The minimum absolute atomic E-state index is 0.00297. The molecule has 0 saturated heterocycles. The highest BCUT2D eigenvalue weighted by molar-refractivity contribution is 7.70. The Balaban J connectivity index is 2.14. The van der Waals surface area contributed by atoms with Gasteiger partial charge in [0.2, 0.25) is 0 Å². The van der Waals surface area contributed by atoms with Gasteiger partial charge >= 0.3 is 15.2 Å². The van der Waals surface area contributed by atoms with Crippen molar-refractivity contribution in [1.29, 1.82) is 0 Å². The Morgan fingerprint density at radius 2 is 1.97 bits per heavy atom. The molecule has 0 amide bonds. The van der Waals surface area contributed by atoms with E-state index in [1.807, 2.05) is 0 Å². The number of nitrogens with zero attached hydrogens (tertiary/aromatic N) is 4. The standard InChI is InChI=1S/C13H20FN5O8P2/c1-2-7(3-27-29(25,26)6-28(22,23)24)10(20)8(14)13(21)19-5-18-9-11(15)16-4-17-12(9)19/h2,4-5,8,10,13,20-21H,3,6H2,1H3,(H,25,26)(H2,15,16,17)(H2,22,23,24)/b7-2-/t8-,10-,13-/m1/s1. The summed E-state index contributed by atoms with van der Waals surface area (Å²) in [5.74, 6) is -1.43. The van der Waals surface area contributed by atoms with E-state index >= 15 is 0 Å². The van der Waals surface area contributed by atoms with Gasteiger partial charge in [-0.3, -0.25) is 13.7 Å². The molecule has 1 unspecified atom stereocenters. The molecule has 16 heteroatoms. The first-order valence-electron chi connectivity index (χ1n) is 7.95. The molecule has 0 aliphatic carbocycles. The van der Waals surface area contributed by atoms with Crippen molar-refractivity contribution >= 4 is 32.2 Å². The molecule has 0 saturated carbocycles. The van der Waals surface area contributed by atoms with Gasteiger partial charge in [-0.1, -0.05) is 6.08 Å². The number of anilines is 1. The van der Waals surface area contributed by atoms with E-state index in [0.29, 0.717) is 0 Å². The fraction of sp³-hybridized carbons (Fsp3) is 0.462. The lowest BCUT2D eigenvalue weighted by Gasteiger charge is -2.24. The number of aromatic nitrogens is 4. The van der Waals surface area contributed by atoms with E-state index < -0.39 is 46.2 Å². The maximum atomic E-state index is 14.7. The van der Waals surface area contributed by atoms with Crippen molar-refractivity contribution in [2.24, 2.45) is 0 Å². The van der Waals surface area contributed by atoms with Crippen LogP contribution in [-0.2, 0) is 13.7 Å². The summed E-state index contributed by atoms with van der Waals surface area (Å²) < 4.78 is 42.8. The average molecular weight is 455 g/mol. The number of aliphatic hydroxyl groups is 2. The summed E-state index contributed by atoms with van der Waals surface area (Å²) in [5.41, 5.74) is 5.50. The van der Waals surface area contributed by atoms with E-state index in [9.17, 15) is 28.6 Å². The number of alkyl halides is 1. The van der Waals surface area contributed by atoms with E-state index in [2.05, 4.69) is 19.5 Å². The lowest BCUT2D eigenvalue weighted by atomic mass is 10.0. The van der Waals surface area contributed by atoms with E-state index in [1.54, 1.807) is 0 Å². The second-order valence-corrected chi connectivity index (χ2v) is 9.96. The molecule has 0 aliphatic heterocycles. The van der Waals surface area contributed by atoms with Crippen LogP contribution in [0.5, 0.6) is 0 Å². The van der Waals surface area contributed by atoms with Gasteiger partial charge < -0.3 is 35.2 Å². The zero-order valence-electron chi connectivity index (χ0n) is 15.0. The van der Waals surface area contributed by atoms with E-state index in [-0.39, 0.29) is 22.6 Å². The number of halogens is 1. The highest BCUT2D eigenvalue weighted by Gasteiger charge is 2.35. The molecule has 162 valence electrons. The zero-order chi connectivity index (χ0) is 22.0. The van der Waals surface area contributed by atoms with Crippen molar-refractivity contribution in [3.05, 3.63) is 24.3 Å². The van der Waals surface area contributed by atoms with Crippen LogP contribution < -0.4 is 5.73 Å². The van der Waals surface area contributed by atoms with Gasteiger partial charge in [-0.05, 0) is 12.5 Å². The van der Waals surface area contributed by atoms with E-state index in [4.69, 9.17) is 15.5 Å². The van der Waals surface area contributed by atoms with Gasteiger partial charge in [0.1, 0.15) is 17.9 Å². The smallest absolute Gasteiger partial charge is 0.340 e. The fourth-order valence-corrected chi connectivity index (χ4v) is 4.91. The number of nitrogens with two attached hydrogens (primary N) is 1. The Hall–Kier alpha value is -1.76. The third-order valence-corrected chi connectivity index (χ3v) is 7.24. The molecule has 0 aliphatic rings. The molecule has 2 aromatic heterocycles. The summed E-state index contributed by atoms with van der Waals surface area (Å²) in [5, 5.41) is 20.5. The largest absolute Gasteiger partial charge is 0.385 e. The van der Waals surface area contributed by atoms with Crippen LogP contribution in [0, 0.1) is 0 Å². The topological polar surface area (TPSA) is 214 Å². The quantitative estimate of drug-likeness (QED) is 0.216. The maximum Gasteiger partial charge on any atom is 0.340 e. The second kappa shape index (κ2) is 8.94. The lowest BCUT2D eigenvalue weighted by molar-refractivity contribution is -0.0351. The van der Waals surface area contributed by atoms with Crippen LogP contribution >= 0.6 is 15.2 Å². The number of hydrogen-bond acceptors (Lipinski definition) is 9. The van der Waals surface area contributed by atoms with Crippen LogP contribution in [0.4, 0.5) is 10.2 Å². The Morgan fingerprint density at radius 1 is 1.31 bits per heavy atom. The van der Waals surface area contributed by atoms with Gasteiger partial charge in [-0.15, -0.1) is 0 Å². The summed E-state index contributed by atoms with van der Waals surface area (Å²) in [4.78, 5) is 38.4. The first-order chi connectivity index (χ1) is 13.4. The minimum atomic E-state index is -4.84. The van der Waals surface area contributed by atoms with Crippen LogP contribution in [0.25, 0.3) is 11.2 Å². The Labute approximate surface area is 163 Å². The second-order valence-electron chi connectivity index (χ2n) is 5.97. The predicted molar refractivity (Wildman–Crippen MR) is 98.3 cm³/mol. The van der Waals surface area contributed by atoms with Crippen LogP contribution in [0.2, 0.25) is 0 Å². The Kier molecular flexibility index (Phi) is 7.25. The highest BCUT2D eigenvalue weighted by atomic mass is 31.2. The number of allylic oxidation sites excluding steroid dienone is 1. The van der Waals surface area contributed by atoms with Crippen molar-refractivity contribution in [2.75, 3.05) is 18.2 Å². The SMILES string of the molecule is C/C=C(/COP(=O)(O)CP(=O)(O)O)[C@@H](O)[C@@H](F)[C@@H](O)n1cnc2c(N)ncnc21. The lowest BCUT2D eigenvalue weighted by Crippen LogP contribution is -2.34. The van der Waals surface area contributed by atoms with Gasteiger partial charge in [0.05, 0.1) is 12.9 Å². The minimum Gasteiger partial charge on any atom is -0.385 e. The van der Waals surface area contributed by atoms with Gasteiger partial charge in [0.25, 0.3) is 0 Å². The van der Waals surface area contributed by atoms with Crippen molar-refractivity contribution in [2.45, 2.75) is 25.4 Å². The first kappa shape index (κ1) is 23.5. The third-order valence-electron chi connectivity index (χ3n) is 3.81. The normalized spacial score (nSPS) is 18.4. The van der Waals surface area contributed by atoms with Crippen LogP contribution in [0.15, 0.2) is 24.3 Å². The molecule has 0 fully saturated rings. The summed E-state index contributed by atoms with van der Waals surface area (Å²) in [6.07, 6.45) is -2.99. The highest BCUT2D eigenvalue weighted by Crippen LogP contribution is 2.55. The number of aliphatic hydroxyl groups excluding tert-OH is 2. The Bertz CT molecular complexity index is 995. The molecule has 13 nitrogen and oxygen atoms in total. The molecule has 4 atom stereocenters. The van der Waals surface area contributed by atoms with E-state index in [1.165, 1.54) is 13.0 Å². The maximum absolute atomic E-state index is 14.7. The molecule has 0 aromatic carbocycles. The molecule has 2 aromatic rings. The Morgan fingerprint density at radius 3 is 2.55 bits per heavy atom. The first-order valence-corrected chi connectivity index (χ1v) is 11.5. The molecular formula is C13H20FN5O8P2. The third kappa shape index (κ3) is 5.87. The predicted octanol–water partition coefficient (Wildman–Crippen LogP) is -0.118. The number of imidazole rings is 1. The van der Waals surface area contributed by atoms with Crippen molar-refractivity contribution in [3.8, 4) is 0 Å². The van der Waals surface area contributed by atoms with Gasteiger partial charge in [0.15, 0.2) is 29.8 Å². The van der Waals surface area contributed by atoms with Crippen molar-refractivity contribution in [3.63, 3.8) is 0 Å². The van der Waals surface area contributed by atoms with Crippen molar-refractivity contribution in [1.82, 2.24) is 19.5 Å². The molecule has 29 heavy (non-hydrogen) atoms. The zero-order valence-corrected chi connectivity index (χ0v) is 16.8. The summed E-state index contributed by atoms with van der Waals surface area (Å²) in [6.45, 7) is 0.561. The van der Waals surface area contributed by atoms with Crippen LogP contribution in [0.3, 0.4) is 0 Å². The fourth-order valence-electron chi connectivity index (χ4n) is 2.37. The van der Waals surface area contributed by atoms with E-state index in [0.717, 1.165) is 17.2 Å². The summed E-state index contributed by atoms with van der Waals surface area (Å²) in [6, 6.07) is 0. The number of hydrogen-bond donors (Lipinski definition) is 6. The van der Waals surface area contributed by atoms with Crippen LogP contribution in [-0.4, -0.2) is 69.2 Å². The molecule has 7 N–H and O–H groups in total.